The second kappa shape index (κ2) is 8.63. The van der Waals surface area contributed by atoms with Crippen LogP contribution in [0.15, 0.2) is 0 Å². The van der Waals surface area contributed by atoms with Gasteiger partial charge in [-0.05, 0) is 37.5 Å². The first-order valence-corrected chi connectivity index (χ1v) is 7.71. The van der Waals surface area contributed by atoms with Crippen LogP contribution in [0.25, 0.3) is 0 Å². The molecule has 0 rings (SSSR count). The Kier molecular flexibility index (Phi) is 8.36. The van der Waals surface area contributed by atoms with Gasteiger partial charge in [0.15, 0.2) is 0 Å². The molecule has 0 spiro atoms. The molecule has 4 nitrogen and oxygen atoms in total. The minimum Gasteiger partial charge on any atom is -0.375 e. The highest BCUT2D eigenvalue weighted by Gasteiger charge is 2.29. The summed E-state index contributed by atoms with van der Waals surface area (Å²) in [5.41, 5.74) is -0.0432. The van der Waals surface area contributed by atoms with Crippen molar-refractivity contribution in [1.29, 1.82) is 0 Å². The Morgan fingerprint density at radius 3 is 2.15 bits per heavy atom. The van der Waals surface area contributed by atoms with E-state index in [1.807, 2.05) is 13.8 Å². The van der Waals surface area contributed by atoms with Crippen molar-refractivity contribution in [2.24, 2.45) is 11.3 Å². The highest BCUT2D eigenvalue weighted by Crippen LogP contribution is 2.35. The summed E-state index contributed by atoms with van der Waals surface area (Å²) in [6.07, 6.45) is 3.72. The van der Waals surface area contributed by atoms with Crippen molar-refractivity contribution in [2.45, 2.75) is 79.2 Å². The van der Waals surface area contributed by atoms with Crippen LogP contribution in [-0.4, -0.2) is 23.4 Å². The molecule has 0 heterocycles. The molecular formula is C16H32O4. The molecule has 0 aromatic carbocycles. The first kappa shape index (κ1) is 19.4. The Labute approximate surface area is 123 Å². The van der Waals surface area contributed by atoms with Crippen molar-refractivity contribution < 1.29 is 19.7 Å². The number of ether oxygens (including phenoxy) is 1. The van der Waals surface area contributed by atoms with E-state index in [9.17, 15) is 4.79 Å². The summed E-state index contributed by atoms with van der Waals surface area (Å²) < 4.78 is 6.03. The minimum absolute atomic E-state index is 0.177. The molecular weight excluding hydrogens is 256 g/mol. The lowest BCUT2D eigenvalue weighted by Gasteiger charge is -2.35. The van der Waals surface area contributed by atoms with Gasteiger partial charge in [-0.25, -0.2) is 4.79 Å². The Balaban J connectivity index is 4.33. The van der Waals surface area contributed by atoms with Gasteiger partial charge in [0.25, 0.3) is 0 Å². The molecule has 4 heteroatoms. The van der Waals surface area contributed by atoms with E-state index in [1.54, 1.807) is 0 Å². The first-order valence-electron chi connectivity index (χ1n) is 7.71. The van der Waals surface area contributed by atoms with Crippen molar-refractivity contribution >= 4 is 5.97 Å². The van der Waals surface area contributed by atoms with Crippen LogP contribution in [0.5, 0.6) is 0 Å². The number of hydrogen-bond donors (Lipinski definition) is 1. The molecule has 0 aliphatic carbocycles. The molecule has 0 saturated carbocycles. The lowest BCUT2D eigenvalue weighted by atomic mass is 9.74. The SMILES string of the molecule is CCC(C)(CCC(=O)OO)OCCC(C)(CC)C(C)C. The summed E-state index contributed by atoms with van der Waals surface area (Å²) in [4.78, 5) is 14.7. The Hall–Kier alpha value is -0.610. The Morgan fingerprint density at radius 2 is 1.75 bits per heavy atom. The maximum Gasteiger partial charge on any atom is 0.342 e. The van der Waals surface area contributed by atoms with Crippen molar-refractivity contribution in [2.75, 3.05) is 6.61 Å². The van der Waals surface area contributed by atoms with Crippen LogP contribution in [0.3, 0.4) is 0 Å². The Morgan fingerprint density at radius 1 is 1.15 bits per heavy atom. The van der Waals surface area contributed by atoms with Gasteiger partial charge in [-0.3, -0.25) is 0 Å². The molecule has 1 N–H and O–H groups in total. The van der Waals surface area contributed by atoms with E-state index in [-0.39, 0.29) is 12.0 Å². The molecule has 2 unspecified atom stereocenters. The molecule has 0 saturated heterocycles. The summed E-state index contributed by atoms with van der Waals surface area (Å²) in [7, 11) is 0. The van der Waals surface area contributed by atoms with Crippen molar-refractivity contribution in [1.82, 2.24) is 0 Å². The monoisotopic (exact) mass is 288 g/mol. The summed E-state index contributed by atoms with van der Waals surface area (Å²) in [5.74, 6) is 0.0159. The lowest BCUT2D eigenvalue weighted by molar-refractivity contribution is -0.235. The van der Waals surface area contributed by atoms with Gasteiger partial charge >= 0.3 is 5.97 Å². The third-order valence-corrected chi connectivity index (χ3v) is 5.03. The van der Waals surface area contributed by atoms with E-state index < -0.39 is 5.97 Å². The summed E-state index contributed by atoms with van der Waals surface area (Å²) in [6.45, 7) is 13.8. The molecule has 2 atom stereocenters. The molecule has 20 heavy (non-hydrogen) atoms. The van der Waals surface area contributed by atoms with E-state index >= 15 is 0 Å². The second-order valence-electron chi connectivity index (χ2n) is 6.53. The fourth-order valence-electron chi connectivity index (χ4n) is 2.17. The van der Waals surface area contributed by atoms with Crippen LogP contribution in [0.2, 0.25) is 0 Å². The predicted octanol–water partition coefficient (Wildman–Crippen LogP) is 4.43. The summed E-state index contributed by atoms with van der Waals surface area (Å²) in [5, 5.41) is 8.29. The number of carbonyl (C=O) groups is 1. The number of carbonyl (C=O) groups excluding carboxylic acids is 1. The van der Waals surface area contributed by atoms with Gasteiger partial charge in [0, 0.05) is 6.61 Å². The van der Waals surface area contributed by atoms with Gasteiger partial charge in [-0.1, -0.05) is 41.0 Å². The van der Waals surface area contributed by atoms with Crippen molar-refractivity contribution in [3.63, 3.8) is 0 Å². The largest absolute Gasteiger partial charge is 0.375 e. The van der Waals surface area contributed by atoms with E-state index in [4.69, 9.17) is 9.99 Å². The zero-order valence-electron chi connectivity index (χ0n) is 14.0. The maximum absolute atomic E-state index is 11.0. The molecule has 120 valence electrons. The van der Waals surface area contributed by atoms with Gasteiger partial charge in [0.2, 0.25) is 0 Å². The number of rotatable bonds is 10. The van der Waals surface area contributed by atoms with Crippen LogP contribution in [-0.2, 0) is 14.4 Å². The highest BCUT2D eigenvalue weighted by atomic mass is 17.1. The fraction of sp³-hybridized carbons (Fsp3) is 0.938. The molecule has 0 aliphatic heterocycles. The van der Waals surface area contributed by atoms with Crippen molar-refractivity contribution in [3.8, 4) is 0 Å². The zero-order valence-corrected chi connectivity index (χ0v) is 14.0. The van der Waals surface area contributed by atoms with E-state index in [2.05, 4.69) is 32.6 Å². The number of hydrogen-bond acceptors (Lipinski definition) is 4. The van der Waals surface area contributed by atoms with Crippen LogP contribution in [0, 0.1) is 11.3 Å². The molecule has 0 aromatic heterocycles. The Bertz CT molecular complexity index is 290. The van der Waals surface area contributed by atoms with Crippen LogP contribution in [0.1, 0.15) is 73.6 Å². The van der Waals surface area contributed by atoms with Crippen molar-refractivity contribution in [3.05, 3.63) is 0 Å². The van der Waals surface area contributed by atoms with Gasteiger partial charge in [-0.2, -0.15) is 5.26 Å². The van der Waals surface area contributed by atoms with Crippen LogP contribution < -0.4 is 0 Å². The standard InChI is InChI=1S/C16H32O4/c1-7-15(5,13(3)4)11-12-19-16(6,8-2)10-9-14(17)20-18/h13,18H,7-12H2,1-6H3. The van der Waals surface area contributed by atoms with Gasteiger partial charge in [0.05, 0.1) is 12.0 Å². The molecule has 0 radical (unpaired) electrons. The minimum atomic E-state index is -0.603. The van der Waals surface area contributed by atoms with Crippen LogP contribution in [0.4, 0.5) is 0 Å². The van der Waals surface area contributed by atoms with Gasteiger partial charge in [-0.15, -0.1) is 0 Å². The normalized spacial score (nSPS) is 17.6. The average molecular weight is 288 g/mol. The topological polar surface area (TPSA) is 55.8 Å². The van der Waals surface area contributed by atoms with Gasteiger partial charge in [0.1, 0.15) is 0 Å². The summed E-state index contributed by atoms with van der Waals surface area (Å²) in [6, 6.07) is 0. The molecule has 0 fully saturated rings. The fourth-order valence-corrected chi connectivity index (χ4v) is 2.17. The van der Waals surface area contributed by atoms with Gasteiger partial charge < -0.3 is 9.62 Å². The smallest absolute Gasteiger partial charge is 0.342 e. The third kappa shape index (κ3) is 6.23. The quantitative estimate of drug-likeness (QED) is 0.477. The zero-order chi connectivity index (χ0) is 15.8. The van der Waals surface area contributed by atoms with E-state index in [0.717, 1.165) is 19.3 Å². The predicted molar refractivity (Wildman–Crippen MR) is 80.5 cm³/mol. The average Bonchev–Trinajstić information content (AvgIpc) is 2.44. The van der Waals surface area contributed by atoms with E-state index in [0.29, 0.717) is 24.4 Å². The first-order chi connectivity index (χ1) is 9.23. The molecule has 0 aromatic rings. The molecule has 0 bridgehead atoms. The summed E-state index contributed by atoms with van der Waals surface area (Å²) >= 11 is 0. The lowest BCUT2D eigenvalue weighted by Crippen LogP contribution is -2.32. The molecule has 0 amide bonds. The third-order valence-electron chi connectivity index (χ3n) is 5.03. The highest BCUT2D eigenvalue weighted by molar-refractivity contribution is 5.68. The maximum atomic E-state index is 11.0. The second-order valence-corrected chi connectivity index (χ2v) is 6.53. The molecule has 0 aliphatic rings. The van der Waals surface area contributed by atoms with Crippen LogP contribution >= 0.6 is 0 Å². The van der Waals surface area contributed by atoms with E-state index in [1.165, 1.54) is 0 Å².